The molecular weight excluding hydrogens is 468 g/mol. The molecule has 3 aliphatic heterocycles. The SMILES string of the molecule is CC(C)CNc1nccc(C(=O)N[C@H]2C/C=C\C[C@@H]3CC[C@@H](C(=O)NC4CC(=O)OC4O)N3C2=O)n1. The van der Waals surface area contributed by atoms with Gasteiger partial charge in [-0.3, -0.25) is 19.2 Å². The van der Waals surface area contributed by atoms with Crippen LogP contribution in [0.3, 0.4) is 0 Å². The van der Waals surface area contributed by atoms with Crippen molar-refractivity contribution in [3.05, 3.63) is 30.1 Å². The van der Waals surface area contributed by atoms with E-state index in [4.69, 9.17) is 0 Å². The third-order valence-electron chi connectivity index (χ3n) is 6.48. The van der Waals surface area contributed by atoms with Gasteiger partial charge in [0.2, 0.25) is 24.1 Å². The Kier molecular flexibility index (Phi) is 7.82. The lowest BCUT2D eigenvalue weighted by Crippen LogP contribution is -2.57. The molecule has 0 aliphatic carbocycles. The molecule has 1 aromatic rings. The highest BCUT2D eigenvalue weighted by molar-refractivity contribution is 5.98. The number of fused-ring (bicyclic) bond motifs is 1. The molecule has 12 heteroatoms. The first kappa shape index (κ1) is 25.5. The summed E-state index contributed by atoms with van der Waals surface area (Å²) in [6, 6.07) is -1.23. The van der Waals surface area contributed by atoms with E-state index in [1.165, 1.54) is 17.2 Å². The van der Waals surface area contributed by atoms with Gasteiger partial charge in [0.15, 0.2) is 0 Å². The lowest BCUT2D eigenvalue weighted by atomic mass is 10.0. The van der Waals surface area contributed by atoms with Crippen LogP contribution in [0.4, 0.5) is 5.95 Å². The largest absolute Gasteiger partial charge is 0.434 e. The second-order valence-corrected chi connectivity index (χ2v) is 9.70. The van der Waals surface area contributed by atoms with Gasteiger partial charge in [-0.1, -0.05) is 26.0 Å². The predicted molar refractivity (Wildman–Crippen MR) is 127 cm³/mol. The number of carbonyl (C=O) groups excluding carboxylic acids is 4. The fourth-order valence-electron chi connectivity index (χ4n) is 4.64. The Balaban J connectivity index is 1.46. The van der Waals surface area contributed by atoms with E-state index in [9.17, 15) is 24.3 Å². The van der Waals surface area contributed by atoms with Crippen LogP contribution >= 0.6 is 0 Å². The van der Waals surface area contributed by atoms with Crippen LogP contribution in [0.25, 0.3) is 0 Å². The van der Waals surface area contributed by atoms with E-state index >= 15 is 0 Å². The van der Waals surface area contributed by atoms with Crippen LogP contribution in [0.15, 0.2) is 24.4 Å². The molecule has 0 bridgehead atoms. The van der Waals surface area contributed by atoms with Crippen LogP contribution in [0.5, 0.6) is 0 Å². The summed E-state index contributed by atoms with van der Waals surface area (Å²) < 4.78 is 4.69. The zero-order chi connectivity index (χ0) is 25.8. The van der Waals surface area contributed by atoms with Crippen molar-refractivity contribution in [2.45, 2.75) is 76.4 Å². The number of amides is 3. The molecule has 4 N–H and O–H groups in total. The van der Waals surface area contributed by atoms with Gasteiger partial charge in [-0.25, -0.2) is 9.97 Å². The molecule has 2 fully saturated rings. The van der Waals surface area contributed by atoms with E-state index in [1.807, 2.05) is 26.0 Å². The number of aliphatic hydroxyl groups is 1. The molecule has 4 heterocycles. The smallest absolute Gasteiger partial charge is 0.310 e. The summed E-state index contributed by atoms with van der Waals surface area (Å²) >= 11 is 0. The second kappa shape index (κ2) is 11.0. The molecule has 2 unspecified atom stereocenters. The summed E-state index contributed by atoms with van der Waals surface area (Å²) in [5, 5.41) is 18.3. The second-order valence-electron chi connectivity index (χ2n) is 9.70. The first-order valence-electron chi connectivity index (χ1n) is 12.3. The maximum atomic E-state index is 13.6. The molecule has 1 aromatic heterocycles. The third-order valence-corrected chi connectivity index (χ3v) is 6.48. The minimum atomic E-state index is -1.41. The lowest BCUT2D eigenvalue weighted by Gasteiger charge is -2.34. The standard InChI is InChI=1S/C24H32N6O6/c1-13(2)12-26-24-25-10-9-15(29-24)20(32)27-16-6-4-3-5-14-7-8-18(30(14)22(16)34)21(33)28-17-11-19(31)36-23(17)35/h3-4,9-10,13-14,16-18,23,35H,5-8,11-12H2,1-2H3,(H,27,32)(H,28,33)(H,25,26,29)/b4-3-/t14-,16+,17?,18+,23?/m1/s1. The van der Waals surface area contributed by atoms with Gasteiger partial charge < -0.3 is 30.7 Å². The van der Waals surface area contributed by atoms with Gasteiger partial charge in [0.1, 0.15) is 23.8 Å². The highest BCUT2D eigenvalue weighted by atomic mass is 16.6. The average Bonchev–Trinajstić information content (AvgIpc) is 3.40. The molecule has 0 saturated carbocycles. The number of ether oxygens (including phenoxy) is 1. The highest BCUT2D eigenvalue weighted by Gasteiger charge is 2.45. The van der Waals surface area contributed by atoms with Gasteiger partial charge in [-0.05, 0) is 37.7 Å². The van der Waals surface area contributed by atoms with E-state index in [0.717, 1.165) is 0 Å². The summed E-state index contributed by atoms with van der Waals surface area (Å²) in [5.74, 6) is -1.23. The Labute approximate surface area is 208 Å². The van der Waals surface area contributed by atoms with Crippen molar-refractivity contribution in [2.24, 2.45) is 5.92 Å². The van der Waals surface area contributed by atoms with Gasteiger partial charge in [0.25, 0.3) is 5.91 Å². The van der Waals surface area contributed by atoms with Gasteiger partial charge >= 0.3 is 5.97 Å². The number of esters is 1. The van der Waals surface area contributed by atoms with E-state index in [0.29, 0.717) is 37.7 Å². The predicted octanol–water partition coefficient (Wildman–Crippen LogP) is 0.103. The molecule has 194 valence electrons. The molecule has 0 spiro atoms. The molecule has 36 heavy (non-hydrogen) atoms. The van der Waals surface area contributed by atoms with Crippen LogP contribution in [0.2, 0.25) is 0 Å². The van der Waals surface area contributed by atoms with Crippen molar-refractivity contribution in [1.82, 2.24) is 25.5 Å². The molecule has 2 saturated heterocycles. The van der Waals surface area contributed by atoms with Crippen LogP contribution in [0, 0.1) is 5.92 Å². The van der Waals surface area contributed by atoms with Gasteiger partial charge in [-0.2, -0.15) is 0 Å². The summed E-state index contributed by atoms with van der Waals surface area (Å²) in [5.41, 5.74) is 0.127. The van der Waals surface area contributed by atoms with E-state index < -0.39 is 42.2 Å². The Morgan fingerprint density at radius 2 is 1.97 bits per heavy atom. The summed E-state index contributed by atoms with van der Waals surface area (Å²) in [4.78, 5) is 60.9. The van der Waals surface area contributed by atoms with Crippen LogP contribution in [-0.2, 0) is 19.1 Å². The molecule has 0 radical (unpaired) electrons. The van der Waals surface area contributed by atoms with Crippen LogP contribution in [-0.4, -0.2) is 80.7 Å². The van der Waals surface area contributed by atoms with Crippen LogP contribution < -0.4 is 16.0 Å². The third kappa shape index (κ3) is 5.81. The number of cyclic esters (lactones) is 1. The molecule has 3 amide bonds. The number of nitrogens with zero attached hydrogens (tertiary/aromatic N) is 3. The van der Waals surface area contributed by atoms with Crippen LogP contribution in [0.1, 0.15) is 56.4 Å². The minimum Gasteiger partial charge on any atom is -0.434 e. The number of carbonyl (C=O) groups is 4. The molecule has 4 rings (SSSR count). The Morgan fingerprint density at radius 3 is 2.69 bits per heavy atom. The van der Waals surface area contributed by atoms with E-state index in [2.05, 4.69) is 30.7 Å². The lowest BCUT2D eigenvalue weighted by molar-refractivity contribution is -0.155. The van der Waals surface area contributed by atoms with Crippen molar-refractivity contribution in [1.29, 1.82) is 0 Å². The van der Waals surface area contributed by atoms with Crippen molar-refractivity contribution < 1.29 is 29.0 Å². The molecule has 5 atom stereocenters. The Bertz CT molecular complexity index is 1050. The first-order chi connectivity index (χ1) is 17.2. The summed E-state index contributed by atoms with van der Waals surface area (Å²) in [6.45, 7) is 4.73. The fourth-order valence-corrected chi connectivity index (χ4v) is 4.64. The van der Waals surface area contributed by atoms with E-state index in [-0.39, 0.29) is 30.5 Å². The number of nitrogens with one attached hydrogen (secondary N) is 3. The normalized spacial score (nSPS) is 28.7. The Hall–Kier alpha value is -3.54. The van der Waals surface area contributed by atoms with Gasteiger partial charge in [0.05, 0.1) is 6.42 Å². The minimum absolute atomic E-state index is 0.127. The van der Waals surface area contributed by atoms with Crippen molar-refractivity contribution in [3.8, 4) is 0 Å². The van der Waals surface area contributed by atoms with Crippen molar-refractivity contribution in [3.63, 3.8) is 0 Å². The molecule has 12 nitrogen and oxygen atoms in total. The number of hydrogen-bond acceptors (Lipinski definition) is 9. The topological polar surface area (TPSA) is 163 Å². The van der Waals surface area contributed by atoms with Crippen molar-refractivity contribution >= 4 is 29.6 Å². The first-order valence-corrected chi connectivity index (χ1v) is 12.3. The Morgan fingerprint density at radius 1 is 1.19 bits per heavy atom. The number of anilines is 1. The summed E-state index contributed by atoms with van der Waals surface area (Å²) in [7, 11) is 0. The number of hydrogen-bond donors (Lipinski definition) is 4. The monoisotopic (exact) mass is 500 g/mol. The highest BCUT2D eigenvalue weighted by Crippen LogP contribution is 2.30. The maximum Gasteiger partial charge on any atom is 0.310 e. The van der Waals surface area contributed by atoms with Gasteiger partial charge in [-0.15, -0.1) is 0 Å². The van der Waals surface area contributed by atoms with Crippen molar-refractivity contribution in [2.75, 3.05) is 11.9 Å². The maximum absolute atomic E-state index is 13.6. The summed E-state index contributed by atoms with van der Waals surface area (Å²) in [6.07, 6.45) is 5.68. The zero-order valence-electron chi connectivity index (χ0n) is 20.3. The van der Waals surface area contributed by atoms with Gasteiger partial charge in [0, 0.05) is 18.8 Å². The average molecular weight is 501 g/mol. The quantitative estimate of drug-likeness (QED) is 0.300. The number of aliphatic hydroxyl groups excluding tert-OH is 1. The molecule has 3 aliphatic rings. The molecular formula is C24H32N6O6. The zero-order valence-corrected chi connectivity index (χ0v) is 20.3. The molecule has 0 aromatic carbocycles. The number of rotatable bonds is 7. The van der Waals surface area contributed by atoms with E-state index in [1.54, 1.807) is 0 Å². The fraction of sp³-hybridized carbons (Fsp3) is 0.583. The number of aromatic nitrogens is 2.